The van der Waals surface area contributed by atoms with Crippen molar-refractivity contribution < 1.29 is 9.53 Å². The van der Waals surface area contributed by atoms with E-state index >= 15 is 0 Å². The molecule has 1 aromatic carbocycles. The minimum atomic E-state index is -0.0820. The maximum Gasteiger partial charge on any atom is 0.250 e. The van der Waals surface area contributed by atoms with Crippen LogP contribution in [0.2, 0.25) is 0 Å². The molecule has 1 saturated heterocycles. The van der Waals surface area contributed by atoms with E-state index in [9.17, 15) is 4.79 Å². The van der Waals surface area contributed by atoms with Crippen LogP contribution in [0.25, 0.3) is 10.6 Å². The summed E-state index contributed by atoms with van der Waals surface area (Å²) in [5.41, 5.74) is 3.01. The largest absolute Gasteiger partial charge is 0.377 e. The van der Waals surface area contributed by atoms with Gasteiger partial charge in [-0.15, -0.1) is 11.3 Å². The third kappa shape index (κ3) is 3.01. The van der Waals surface area contributed by atoms with Gasteiger partial charge in [0.05, 0.1) is 24.9 Å². The van der Waals surface area contributed by atoms with Crippen molar-refractivity contribution in [2.24, 2.45) is 0 Å². The van der Waals surface area contributed by atoms with Crippen LogP contribution < -0.4 is 0 Å². The fourth-order valence-electron chi connectivity index (χ4n) is 3.29. The minimum Gasteiger partial charge on any atom is -0.377 e. The molecule has 1 aliphatic heterocycles. The molecule has 0 unspecified atom stereocenters. The number of rotatable bonds is 3. The van der Waals surface area contributed by atoms with Crippen LogP contribution in [0.1, 0.15) is 31.0 Å². The molecule has 0 N–H and O–H groups in total. The normalized spacial score (nSPS) is 20.9. The number of nitrogens with zero attached hydrogens (tertiary/aromatic N) is 2. The highest BCUT2D eigenvalue weighted by Gasteiger charge is 2.32. The molecule has 24 heavy (non-hydrogen) atoms. The summed E-state index contributed by atoms with van der Waals surface area (Å²) >= 11 is 1.62. The van der Waals surface area contributed by atoms with E-state index in [0.29, 0.717) is 19.8 Å². The Morgan fingerprint density at radius 1 is 1.29 bits per heavy atom. The average molecular weight is 340 g/mol. The highest BCUT2D eigenvalue weighted by Crippen LogP contribution is 2.32. The van der Waals surface area contributed by atoms with Crippen LogP contribution in [-0.4, -0.2) is 35.5 Å². The number of aromatic nitrogens is 1. The van der Waals surface area contributed by atoms with Crippen LogP contribution in [-0.2, 0) is 9.53 Å². The van der Waals surface area contributed by atoms with E-state index in [-0.39, 0.29) is 11.9 Å². The second kappa shape index (κ2) is 6.87. The fourth-order valence-corrected chi connectivity index (χ4v) is 4.17. The Labute approximate surface area is 145 Å². The molecule has 0 saturated carbocycles. The molecule has 1 aromatic heterocycles. The summed E-state index contributed by atoms with van der Waals surface area (Å²) in [6.45, 7) is 1.77. The van der Waals surface area contributed by atoms with Gasteiger partial charge in [-0.05, 0) is 19.3 Å². The zero-order chi connectivity index (χ0) is 16.4. The Morgan fingerprint density at radius 2 is 2.17 bits per heavy atom. The molecule has 0 radical (unpaired) electrons. The summed E-state index contributed by atoms with van der Waals surface area (Å²) in [7, 11) is 0. The standard InChI is InChI=1S/C19H20N2O2S/c22-19(15-8-4-5-9-15)21-10-11-23-12-17(21)16-13-24-18(20-16)14-6-2-1-3-7-14/h1-3,6-8,13,17H,4-5,9-12H2/t17-/m0/s1. The zero-order valence-corrected chi connectivity index (χ0v) is 14.3. The van der Waals surface area contributed by atoms with Crippen LogP contribution in [0.3, 0.4) is 0 Å². The predicted molar refractivity (Wildman–Crippen MR) is 94.8 cm³/mol. The van der Waals surface area contributed by atoms with E-state index in [4.69, 9.17) is 9.72 Å². The third-order valence-electron chi connectivity index (χ3n) is 4.59. The maximum atomic E-state index is 12.8. The first-order valence-corrected chi connectivity index (χ1v) is 9.29. The van der Waals surface area contributed by atoms with Crippen molar-refractivity contribution in [3.63, 3.8) is 0 Å². The number of carbonyl (C=O) groups excluding carboxylic acids is 1. The van der Waals surface area contributed by atoms with Gasteiger partial charge in [-0.25, -0.2) is 4.98 Å². The lowest BCUT2D eigenvalue weighted by Crippen LogP contribution is -2.44. The number of hydrogen-bond acceptors (Lipinski definition) is 4. The molecule has 1 atom stereocenters. The van der Waals surface area contributed by atoms with Crippen LogP contribution in [0.5, 0.6) is 0 Å². The number of hydrogen-bond donors (Lipinski definition) is 0. The van der Waals surface area contributed by atoms with Crippen molar-refractivity contribution in [1.29, 1.82) is 0 Å². The summed E-state index contributed by atoms with van der Waals surface area (Å²) in [5, 5.41) is 3.05. The Morgan fingerprint density at radius 3 is 2.96 bits per heavy atom. The monoisotopic (exact) mass is 340 g/mol. The summed E-state index contributed by atoms with van der Waals surface area (Å²) in [6.07, 6.45) is 5.09. The smallest absolute Gasteiger partial charge is 0.250 e. The molecular weight excluding hydrogens is 320 g/mol. The molecule has 1 aliphatic carbocycles. The molecular formula is C19H20N2O2S. The van der Waals surface area contributed by atoms with Crippen LogP contribution in [0.4, 0.5) is 0 Å². The number of allylic oxidation sites excluding steroid dienone is 1. The van der Waals surface area contributed by atoms with Gasteiger partial charge in [-0.1, -0.05) is 36.4 Å². The Balaban J connectivity index is 1.59. The summed E-state index contributed by atoms with van der Waals surface area (Å²) in [5.74, 6) is 0.162. The van der Waals surface area contributed by atoms with Gasteiger partial charge < -0.3 is 9.64 Å². The van der Waals surface area contributed by atoms with Crippen molar-refractivity contribution in [1.82, 2.24) is 9.88 Å². The van der Waals surface area contributed by atoms with E-state index < -0.39 is 0 Å². The fraction of sp³-hybridized carbons (Fsp3) is 0.368. The zero-order valence-electron chi connectivity index (χ0n) is 13.5. The molecule has 0 bridgehead atoms. The van der Waals surface area contributed by atoms with Gasteiger partial charge in [0, 0.05) is 23.1 Å². The van der Waals surface area contributed by atoms with Crippen molar-refractivity contribution in [3.8, 4) is 10.6 Å². The molecule has 2 heterocycles. The summed E-state index contributed by atoms with van der Waals surface area (Å²) in [4.78, 5) is 19.6. The summed E-state index contributed by atoms with van der Waals surface area (Å²) < 4.78 is 5.65. The second-order valence-electron chi connectivity index (χ2n) is 6.15. The van der Waals surface area contributed by atoms with E-state index in [2.05, 4.69) is 23.6 Å². The molecule has 1 amide bonds. The number of morpholine rings is 1. The first kappa shape index (κ1) is 15.5. The van der Waals surface area contributed by atoms with Gasteiger partial charge in [0.2, 0.25) is 5.91 Å². The van der Waals surface area contributed by atoms with E-state index in [1.807, 2.05) is 23.1 Å². The SMILES string of the molecule is O=C(C1=CCCC1)N1CCOC[C@H]1c1csc(-c2ccccc2)n1. The van der Waals surface area contributed by atoms with Crippen LogP contribution >= 0.6 is 11.3 Å². The van der Waals surface area contributed by atoms with Crippen molar-refractivity contribution >= 4 is 17.2 Å². The minimum absolute atomic E-state index is 0.0820. The quantitative estimate of drug-likeness (QED) is 0.853. The number of amides is 1. The molecule has 4 rings (SSSR count). The first-order valence-electron chi connectivity index (χ1n) is 8.41. The average Bonchev–Trinajstić information content (AvgIpc) is 3.34. The highest BCUT2D eigenvalue weighted by atomic mass is 32.1. The number of benzene rings is 1. The molecule has 124 valence electrons. The van der Waals surface area contributed by atoms with E-state index in [1.54, 1.807) is 11.3 Å². The Bertz CT molecular complexity index is 754. The van der Waals surface area contributed by atoms with Gasteiger partial charge in [-0.3, -0.25) is 4.79 Å². The number of carbonyl (C=O) groups is 1. The van der Waals surface area contributed by atoms with Crippen molar-refractivity contribution in [2.45, 2.75) is 25.3 Å². The Hall–Kier alpha value is -1.98. The summed E-state index contributed by atoms with van der Waals surface area (Å²) in [6, 6.07) is 10.1. The van der Waals surface area contributed by atoms with Gasteiger partial charge >= 0.3 is 0 Å². The van der Waals surface area contributed by atoms with Gasteiger partial charge in [0.25, 0.3) is 0 Å². The highest BCUT2D eigenvalue weighted by molar-refractivity contribution is 7.13. The van der Waals surface area contributed by atoms with Crippen LogP contribution in [0.15, 0.2) is 47.4 Å². The van der Waals surface area contributed by atoms with Gasteiger partial charge in [0.1, 0.15) is 5.01 Å². The van der Waals surface area contributed by atoms with Crippen molar-refractivity contribution in [2.75, 3.05) is 19.8 Å². The molecule has 4 nitrogen and oxygen atoms in total. The topological polar surface area (TPSA) is 42.4 Å². The molecule has 2 aromatic rings. The lowest BCUT2D eigenvalue weighted by Gasteiger charge is -2.35. The molecule has 2 aliphatic rings. The Kier molecular flexibility index (Phi) is 4.45. The number of thiazole rings is 1. The first-order chi connectivity index (χ1) is 11.8. The lowest BCUT2D eigenvalue weighted by atomic mass is 10.1. The molecule has 0 spiro atoms. The second-order valence-corrected chi connectivity index (χ2v) is 7.01. The van der Waals surface area contributed by atoms with Crippen LogP contribution in [0, 0.1) is 0 Å². The molecule has 5 heteroatoms. The predicted octanol–water partition coefficient (Wildman–Crippen LogP) is 3.82. The van der Waals surface area contributed by atoms with E-state index in [0.717, 1.165) is 41.1 Å². The lowest BCUT2D eigenvalue weighted by molar-refractivity contribution is -0.136. The van der Waals surface area contributed by atoms with Crippen molar-refractivity contribution in [3.05, 3.63) is 53.1 Å². The number of ether oxygens (including phenoxy) is 1. The molecule has 1 fully saturated rings. The third-order valence-corrected chi connectivity index (χ3v) is 5.50. The van der Waals surface area contributed by atoms with Gasteiger partial charge in [0.15, 0.2) is 0 Å². The van der Waals surface area contributed by atoms with Gasteiger partial charge in [-0.2, -0.15) is 0 Å². The van der Waals surface area contributed by atoms with E-state index in [1.165, 1.54) is 0 Å². The maximum absolute atomic E-state index is 12.8.